The Balaban J connectivity index is 1.93. The lowest BCUT2D eigenvalue weighted by Crippen LogP contribution is -2.39. The second kappa shape index (κ2) is 3.18. The molecule has 1 atom stereocenters. The Bertz CT molecular complexity index is 317. The summed E-state index contributed by atoms with van der Waals surface area (Å²) in [7, 11) is 1.80. The minimum atomic E-state index is -0.276. The smallest absolute Gasteiger partial charge is 0.254 e. The highest BCUT2D eigenvalue weighted by Crippen LogP contribution is 2.13. The molecule has 0 bridgehead atoms. The third kappa shape index (κ3) is 1.70. The molecule has 0 spiro atoms. The third-order valence-electron chi connectivity index (χ3n) is 1.96. The number of carbonyl (C=O) groups excluding carboxylic acids is 1. The Morgan fingerprint density at radius 2 is 2.62 bits per heavy atom. The molecule has 1 unspecified atom stereocenters. The van der Waals surface area contributed by atoms with Crippen molar-refractivity contribution in [1.29, 1.82) is 0 Å². The Morgan fingerprint density at radius 1 is 1.85 bits per heavy atom. The molecule has 1 aromatic rings. The number of aryl methyl sites for hydroxylation is 1. The minimum Gasteiger partial charge on any atom is -0.368 e. The average Bonchev–Trinajstić information content (AvgIpc) is 2.31. The van der Waals surface area contributed by atoms with E-state index in [1.165, 1.54) is 0 Å². The van der Waals surface area contributed by atoms with Gasteiger partial charge in [-0.05, 0) is 0 Å². The van der Waals surface area contributed by atoms with E-state index in [2.05, 4.69) is 10.4 Å². The van der Waals surface area contributed by atoms with E-state index in [-0.39, 0.29) is 12.0 Å². The quantitative estimate of drug-likeness (QED) is 0.706. The molecule has 5 nitrogen and oxygen atoms in total. The van der Waals surface area contributed by atoms with Gasteiger partial charge in [0.15, 0.2) is 5.82 Å². The van der Waals surface area contributed by atoms with Crippen molar-refractivity contribution in [2.45, 2.75) is 12.5 Å². The van der Waals surface area contributed by atoms with E-state index >= 15 is 0 Å². The van der Waals surface area contributed by atoms with Crippen LogP contribution < -0.4 is 5.32 Å². The number of carbonyl (C=O) groups is 1. The lowest BCUT2D eigenvalue weighted by Gasteiger charge is -2.24. The topological polar surface area (TPSA) is 56.2 Å². The molecule has 70 valence electrons. The average molecular weight is 181 g/mol. The molecule has 2 heterocycles. The SMILES string of the molecule is Cn1ccc(NC(=O)C2CCO2)n1. The Hall–Kier alpha value is -1.36. The van der Waals surface area contributed by atoms with Crippen LogP contribution in [-0.4, -0.2) is 28.4 Å². The van der Waals surface area contributed by atoms with Crippen molar-refractivity contribution in [2.75, 3.05) is 11.9 Å². The molecule has 0 radical (unpaired) electrons. The van der Waals surface area contributed by atoms with Crippen LogP contribution in [0.25, 0.3) is 0 Å². The van der Waals surface area contributed by atoms with E-state index in [9.17, 15) is 4.79 Å². The predicted octanol–water partition coefficient (Wildman–Crippen LogP) is 0.147. The summed E-state index contributed by atoms with van der Waals surface area (Å²) in [6.45, 7) is 0.681. The van der Waals surface area contributed by atoms with E-state index in [0.29, 0.717) is 12.4 Å². The van der Waals surface area contributed by atoms with E-state index in [1.54, 1.807) is 24.0 Å². The first-order chi connectivity index (χ1) is 6.25. The number of nitrogens with zero attached hydrogens (tertiary/aromatic N) is 2. The van der Waals surface area contributed by atoms with Crippen molar-refractivity contribution >= 4 is 11.7 Å². The summed E-state index contributed by atoms with van der Waals surface area (Å²) in [4.78, 5) is 11.3. The first-order valence-electron chi connectivity index (χ1n) is 4.18. The van der Waals surface area contributed by atoms with Crippen LogP contribution in [0.1, 0.15) is 6.42 Å². The third-order valence-corrected chi connectivity index (χ3v) is 1.96. The van der Waals surface area contributed by atoms with Gasteiger partial charge < -0.3 is 10.1 Å². The fraction of sp³-hybridized carbons (Fsp3) is 0.500. The number of amides is 1. The zero-order chi connectivity index (χ0) is 9.26. The van der Waals surface area contributed by atoms with Crippen LogP contribution in [0, 0.1) is 0 Å². The highest BCUT2D eigenvalue weighted by molar-refractivity contribution is 5.93. The van der Waals surface area contributed by atoms with Crippen LogP contribution >= 0.6 is 0 Å². The molecule has 0 aromatic carbocycles. The summed E-state index contributed by atoms with van der Waals surface area (Å²) in [6, 6.07) is 1.75. The molecule has 1 saturated heterocycles. The van der Waals surface area contributed by atoms with Crippen molar-refractivity contribution in [3.8, 4) is 0 Å². The summed E-state index contributed by atoms with van der Waals surface area (Å²) in [5.41, 5.74) is 0. The van der Waals surface area contributed by atoms with Gasteiger partial charge in [0.1, 0.15) is 6.10 Å². The zero-order valence-electron chi connectivity index (χ0n) is 7.36. The van der Waals surface area contributed by atoms with Gasteiger partial charge >= 0.3 is 0 Å². The Kier molecular flexibility index (Phi) is 2.02. The molecule has 1 aliphatic rings. The monoisotopic (exact) mass is 181 g/mol. The molecule has 1 fully saturated rings. The van der Waals surface area contributed by atoms with E-state index in [1.807, 2.05) is 0 Å². The Morgan fingerprint density at radius 3 is 3.08 bits per heavy atom. The summed E-state index contributed by atoms with van der Waals surface area (Å²) in [5.74, 6) is 0.466. The van der Waals surface area contributed by atoms with E-state index < -0.39 is 0 Å². The van der Waals surface area contributed by atoms with Gasteiger partial charge in [-0.2, -0.15) is 5.10 Å². The van der Waals surface area contributed by atoms with Gasteiger partial charge in [-0.15, -0.1) is 0 Å². The number of hydrogen-bond acceptors (Lipinski definition) is 3. The first kappa shape index (κ1) is 8.25. The molecule has 2 rings (SSSR count). The maximum absolute atomic E-state index is 11.3. The largest absolute Gasteiger partial charge is 0.368 e. The number of ether oxygens (including phenoxy) is 1. The van der Waals surface area contributed by atoms with Crippen LogP contribution in [0.5, 0.6) is 0 Å². The molecule has 0 saturated carbocycles. The molecule has 1 aromatic heterocycles. The van der Waals surface area contributed by atoms with Gasteiger partial charge in [-0.25, -0.2) is 0 Å². The lowest BCUT2D eigenvalue weighted by atomic mass is 10.2. The van der Waals surface area contributed by atoms with Crippen molar-refractivity contribution in [3.05, 3.63) is 12.3 Å². The molecule has 5 heteroatoms. The lowest BCUT2D eigenvalue weighted by molar-refractivity contribution is -0.139. The normalized spacial score (nSPS) is 20.8. The second-order valence-electron chi connectivity index (χ2n) is 3.01. The molecule has 1 aliphatic heterocycles. The zero-order valence-corrected chi connectivity index (χ0v) is 7.36. The van der Waals surface area contributed by atoms with Crippen LogP contribution in [0.15, 0.2) is 12.3 Å². The van der Waals surface area contributed by atoms with Gasteiger partial charge in [-0.3, -0.25) is 9.48 Å². The first-order valence-corrected chi connectivity index (χ1v) is 4.18. The van der Waals surface area contributed by atoms with Crippen LogP contribution in [0.2, 0.25) is 0 Å². The van der Waals surface area contributed by atoms with Crippen molar-refractivity contribution in [1.82, 2.24) is 9.78 Å². The summed E-state index contributed by atoms with van der Waals surface area (Å²) in [5, 5.41) is 6.69. The number of rotatable bonds is 2. The standard InChI is InChI=1S/C8H11N3O2/c1-11-4-2-7(10-11)9-8(12)6-3-5-13-6/h2,4,6H,3,5H2,1H3,(H,9,10,12). The molecule has 1 N–H and O–H groups in total. The predicted molar refractivity (Wildman–Crippen MR) is 46.2 cm³/mol. The molecule has 1 amide bonds. The van der Waals surface area contributed by atoms with Gasteiger partial charge in [0.2, 0.25) is 0 Å². The second-order valence-corrected chi connectivity index (χ2v) is 3.01. The van der Waals surface area contributed by atoms with Crippen molar-refractivity contribution in [2.24, 2.45) is 7.05 Å². The maximum atomic E-state index is 11.3. The fourth-order valence-corrected chi connectivity index (χ4v) is 1.13. The van der Waals surface area contributed by atoms with Crippen LogP contribution in [0.3, 0.4) is 0 Å². The number of hydrogen-bond donors (Lipinski definition) is 1. The van der Waals surface area contributed by atoms with Crippen LogP contribution in [0.4, 0.5) is 5.82 Å². The molecule has 0 aliphatic carbocycles. The fourth-order valence-electron chi connectivity index (χ4n) is 1.13. The number of nitrogens with one attached hydrogen (secondary N) is 1. The van der Waals surface area contributed by atoms with Gasteiger partial charge in [-0.1, -0.05) is 0 Å². The van der Waals surface area contributed by atoms with E-state index in [0.717, 1.165) is 6.42 Å². The highest BCUT2D eigenvalue weighted by atomic mass is 16.5. The highest BCUT2D eigenvalue weighted by Gasteiger charge is 2.26. The summed E-state index contributed by atoms with van der Waals surface area (Å²) < 4.78 is 6.66. The molecular weight excluding hydrogens is 170 g/mol. The minimum absolute atomic E-state index is 0.107. The summed E-state index contributed by atoms with van der Waals surface area (Å²) in [6.07, 6.45) is 2.30. The number of aromatic nitrogens is 2. The Labute approximate surface area is 75.7 Å². The summed E-state index contributed by atoms with van der Waals surface area (Å²) >= 11 is 0. The van der Waals surface area contributed by atoms with Gasteiger partial charge in [0.05, 0.1) is 6.61 Å². The van der Waals surface area contributed by atoms with E-state index in [4.69, 9.17) is 4.74 Å². The number of anilines is 1. The van der Waals surface area contributed by atoms with Crippen molar-refractivity contribution < 1.29 is 9.53 Å². The van der Waals surface area contributed by atoms with Gasteiger partial charge in [0.25, 0.3) is 5.91 Å². The van der Waals surface area contributed by atoms with Gasteiger partial charge in [0, 0.05) is 25.7 Å². The molecular formula is C8H11N3O2. The maximum Gasteiger partial charge on any atom is 0.254 e. The van der Waals surface area contributed by atoms with Crippen LogP contribution in [-0.2, 0) is 16.6 Å². The van der Waals surface area contributed by atoms with Crippen molar-refractivity contribution in [3.63, 3.8) is 0 Å². The molecule has 13 heavy (non-hydrogen) atoms.